The highest BCUT2D eigenvalue weighted by atomic mass is 16.2. The Morgan fingerprint density at radius 3 is 2.32 bits per heavy atom. The molecule has 31 heavy (non-hydrogen) atoms. The fourth-order valence-electron chi connectivity index (χ4n) is 3.61. The van der Waals surface area contributed by atoms with Crippen LogP contribution in [0.4, 0.5) is 0 Å². The molecule has 0 bridgehead atoms. The smallest absolute Gasteiger partial charge is 0.330 e. The summed E-state index contributed by atoms with van der Waals surface area (Å²) in [6, 6.07) is 19.9. The maximum Gasteiger partial charge on any atom is 0.330 e. The maximum absolute atomic E-state index is 12.5. The van der Waals surface area contributed by atoms with Crippen molar-refractivity contribution in [3.63, 3.8) is 0 Å². The molecule has 3 aromatic heterocycles. The zero-order chi connectivity index (χ0) is 21.2. The lowest BCUT2D eigenvalue weighted by Crippen LogP contribution is -2.30. The molecule has 8 heteroatoms. The minimum absolute atomic E-state index is 0.276. The minimum Gasteiger partial charge on any atom is -0.332 e. The third-order valence-corrected chi connectivity index (χ3v) is 5.19. The number of hydrogen-bond donors (Lipinski definition) is 2. The van der Waals surface area contributed by atoms with E-state index in [2.05, 4.69) is 20.1 Å². The molecule has 0 amide bonds. The van der Waals surface area contributed by atoms with Gasteiger partial charge in [0.25, 0.3) is 5.56 Å². The van der Waals surface area contributed by atoms with Crippen LogP contribution in [0.25, 0.3) is 22.6 Å². The van der Waals surface area contributed by atoms with E-state index in [0.717, 1.165) is 16.7 Å². The zero-order valence-corrected chi connectivity index (χ0v) is 16.7. The summed E-state index contributed by atoms with van der Waals surface area (Å²) in [6.45, 7) is 1.04. The molecule has 0 unspecified atom stereocenters. The van der Waals surface area contributed by atoms with E-state index in [-0.39, 0.29) is 5.52 Å². The quantitative estimate of drug-likeness (QED) is 0.448. The number of hydrogen-bond acceptors (Lipinski definition) is 4. The number of rotatable bonds is 6. The van der Waals surface area contributed by atoms with Crippen molar-refractivity contribution < 1.29 is 0 Å². The topological polar surface area (TPSA) is 101 Å². The molecule has 8 nitrogen and oxygen atoms in total. The van der Waals surface area contributed by atoms with Gasteiger partial charge in [0.1, 0.15) is 11.3 Å². The van der Waals surface area contributed by atoms with Crippen LogP contribution in [0.1, 0.15) is 11.1 Å². The Morgan fingerprint density at radius 1 is 0.871 bits per heavy atom. The molecule has 0 atom stereocenters. The third-order valence-electron chi connectivity index (χ3n) is 5.19. The Hall–Kier alpha value is -4.20. The SMILES string of the molecule is O=c1[nH]c(=O)n(CCc2ccccc2)c2nc(-c3cnn(Cc4ccccc4)c3)[nH]c12. The number of nitrogens with one attached hydrogen (secondary N) is 2. The van der Waals surface area contributed by atoms with Crippen molar-refractivity contribution in [2.75, 3.05) is 0 Å². The van der Waals surface area contributed by atoms with E-state index < -0.39 is 11.2 Å². The molecule has 0 aliphatic heterocycles. The standard InChI is InChI=1S/C23H20N6O2/c30-22-19-21(29(23(31)27-22)12-11-16-7-3-1-4-8-16)26-20(25-19)18-13-24-28(15-18)14-17-9-5-2-6-10-17/h1-10,13,15H,11-12,14H2,(H,25,26)(H,27,30,31). The molecule has 3 heterocycles. The summed E-state index contributed by atoms with van der Waals surface area (Å²) in [5.41, 5.74) is 2.65. The van der Waals surface area contributed by atoms with E-state index >= 15 is 0 Å². The molecule has 0 radical (unpaired) electrons. The Bertz CT molecular complexity index is 1440. The van der Waals surface area contributed by atoms with Gasteiger partial charge in [0, 0.05) is 12.7 Å². The van der Waals surface area contributed by atoms with Crippen LogP contribution in [0.3, 0.4) is 0 Å². The Kier molecular flexibility index (Phi) is 4.80. The maximum atomic E-state index is 12.5. The molecule has 2 N–H and O–H groups in total. The van der Waals surface area contributed by atoms with Gasteiger partial charge in [0.2, 0.25) is 0 Å². The monoisotopic (exact) mass is 412 g/mol. The van der Waals surface area contributed by atoms with Crippen molar-refractivity contribution in [2.45, 2.75) is 19.5 Å². The Balaban J connectivity index is 1.48. The third kappa shape index (κ3) is 3.83. The van der Waals surface area contributed by atoms with E-state index in [1.165, 1.54) is 4.57 Å². The number of fused-ring (bicyclic) bond motifs is 1. The molecule has 0 aliphatic rings. The molecule has 0 saturated heterocycles. The summed E-state index contributed by atoms with van der Waals surface area (Å²) < 4.78 is 3.31. The summed E-state index contributed by atoms with van der Waals surface area (Å²) in [5.74, 6) is 0.499. The Morgan fingerprint density at radius 2 is 1.58 bits per heavy atom. The second-order valence-electron chi connectivity index (χ2n) is 7.34. The van der Waals surface area contributed by atoms with Crippen LogP contribution < -0.4 is 11.2 Å². The van der Waals surface area contributed by atoms with Gasteiger partial charge < -0.3 is 4.98 Å². The highest BCUT2D eigenvalue weighted by Crippen LogP contribution is 2.18. The molecule has 0 saturated carbocycles. The molecular formula is C23H20N6O2. The van der Waals surface area contributed by atoms with Crippen LogP contribution in [-0.4, -0.2) is 29.3 Å². The summed E-state index contributed by atoms with van der Waals surface area (Å²) in [6.07, 6.45) is 4.21. The molecule has 5 rings (SSSR count). The first kappa shape index (κ1) is 18.8. The number of imidazole rings is 1. The van der Waals surface area contributed by atoms with Crippen LogP contribution in [0.2, 0.25) is 0 Å². The second-order valence-corrected chi connectivity index (χ2v) is 7.34. The summed E-state index contributed by atoms with van der Waals surface area (Å²) >= 11 is 0. The van der Waals surface area contributed by atoms with Gasteiger partial charge in [0.15, 0.2) is 5.65 Å². The number of nitrogens with zero attached hydrogens (tertiary/aromatic N) is 4. The predicted molar refractivity (Wildman–Crippen MR) is 118 cm³/mol. The summed E-state index contributed by atoms with van der Waals surface area (Å²) in [4.78, 5) is 34.8. The van der Waals surface area contributed by atoms with Gasteiger partial charge in [-0.1, -0.05) is 60.7 Å². The molecule has 0 fully saturated rings. The first-order valence-corrected chi connectivity index (χ1v) is 10.0. The highest BCUT2D eigenvalue weighted by Gasteiger charge is 2.15. The van der Waals surface area contributed by atoms with Crippen molar-refractivity contribution in [1.29, 1.82) is 0 Å². The lowest BCUT2D eigenvalue weighted by molar-refractivity contribution is 0.667. The average Bonchev–Trinajstić information content (AvgIpc) is 3.43. The minimum atomic E-state index is -0.480. The number of aromatic amines is 2. The molecule has 154 valence electrons. The zero-order valence-electron chi connectivity index (χ0n) is 16.7. The van der Waals surface area contributed by atoms with Gasteiger partial charge in [-0.3, -0.25) is 19.0 Å². The first-order chi connectivity index (χ1) is 15.2. The van der Waals surface area contributed by atoms with E-state index in [4.69, 9.17) is 0 Å². The number of aromatic nitrogens is 6. The van der Waals surface area contributed by atoms with Crippen molar-refractivity contribution in [3.8, 4) is 11.4 Å². The predicted octanol–water partition coefficient (Wildman–Crippen LogP) is 2.57. The van der Waals surface area contributed by atoms with Gasteiger partial charge in [0.05, 0.1) is 18.3 Å². The van der Waals surface area contributed by atoms with Crippen molar-refractivity contribution >= 4 is 11.2 Å². The fraction of sp³-hybridized carbons (Fsp3) is 0.130. The van der Waals surface area contributed by atoms with Gasteiger partial charge in [-0.2, -0.15) is 5.10 Å². The van der Waals surface area contributed by atoms with E-state index in [9.17, 15) is 9.59 Å². The van der Waals surface area contributed by atoms with Gasteiger partial charge >= 0.3 is 5.69 Å². The van der Waals surface area contributed by atoms with Crippen LogP contribution in [-0.2, 0) is 19.5 Å². The van der Waals surface area contributed by atoms with Crippen molar-refractivity contribution in [3.05, 3.63) is 105 Å². The van der Waals surface area contributed by atoms with E-state index in [1.807, 2.05) is 71.5 Å². The van der Waals surface area contributed by atoms with Gasteiger partial charge in [-0.15, -0.1) is 0 Å². The van der Waals surface area contributed by atoms with Crippen LogP contribution in [0.5, 0.6) is 0 Å². The summed E-state index contributed by atoms with van der Waals surface area (Å²) in [5, 5.41) is 4.40. The molecule has 0 spiro atoms. The number of H-pyrrole nitrogens is 2. The number of benzene rings is 2. The highest BCUT2D eigenvalue weighted by molar-refractivity contribution is 5.75. The molecule has 2 aromatic carbocycles. The lowest BCUT2D eigenvalue weighted by atomic mass is 10.1. The molecule has 5 aromatic rings. The molecular weight excluding hydrogens is 392 g/mol. The van der Waals surface area contributed by atoms with Crippen molar-refractivity contribution in [1.82, 2.24) is 29.3 Å². The first-order valence-electron chi connectivity index (χ1n) is 10.0. The fourth-order valence-corrected chi connectivity index (χ4v) is 3.61. The van der Waals surface area contributed by atoms with Crippen LogP contribution in [0, 0.1) is 0 Å². The molecule has 0 aliphatic carbocycles. The average molecular weight is 412 g/mol. The second kappa shape index (κ2) is 7.91. The Labute approximate surface area is 176 Å². The van der Waals surface area contributed by atoms with Gasteiger partial charge in [-0.05, 0) is 17.5 Å². The largest absolute Gasteiger partial charge is 0.332 e. The van der Waals surface area contributed by atoms with Crippen molar-refractivity contribution in [2.24, 2.45) is 0 Å². The lowest BCUT2D eigenvalue weighted by Gasteiger charge is -2.05. The van der Waals surface area contributed by atoms with Crippen LogP contribution >= 0.6 is 0 Å². The number of aryl methyl sites for hydroxylation is 2. The van der Waals surface area contributed by atoms with E-state index in [0.29, 0.717) is 31.0 Å². The van der Waals surface area contributed by atoms with Crippen LogP contribution in [0.15, 0.2) is 82.6 Å². The van der Waals surface area contributed by atoms with Gasteiger partial charge in [-0.25, -0.2) is 9.78 Å². The normalized spacial score (nSPS) is 11.2. The summed E-state index contributed by atoms with van der Waals surface area (Å²) in [7, 11) is 0. The van der Waals surface area contributed by atoms with E-state index in [1.54, 1.807) is 6.20 Å².